The van der Waals surface area contributed by atoms with Crippen molar-refractivity contribution in [3.8, 4) is 5.75 Å². The first kappa shape index (κ1) is 23.3. The molecule has 2 saturated heterocycles. The molecule has 3 aliphatic rings. The summed E-state index contributed by atoms with van der Waals surface area (Å²) in [6.45, 7) is 2.15. The number of hydrogen-bond donors (Lipinski definition) is 2. The summed E-state index contributed by atoms with van der Waals surface area (Å²) in [5.74, 6) is 0.373. The quantitative estimate of drug-likeness (QED) is 0.571. The van der Waals surface area contributed by atoms with Crippen LogP contribution in [0.15, 0.2) is 52.1 Å². The minimum atomic E-state index is -3.86. The Balaban J connectivity index is 1.17. The van der Waals surface area contributed by atoms with Gasteiger partial charge < -0.3 is 9.64 Å². The van der Waals surface area contributed by atoms with Crippen molar-refractivity contribution in [2.45, 2.75) is 31.3 Å². The van der Waals surface area contributed by atoms with E-state index in [0.29, 0.717) is 24.3 Å². The Labute approximate surface area is 207 Å². The number of aromatic nitrogens is 1. The van der Waals surface area contributed by atoms with Gasteiger partial charge in [-0.05, 0) is 49.6 Å². The fourth-order valence-corrected chi connectivity index (χ4v) is 6.07. The lowest BCUT2D eigenvalue weighted by atomic mass is 10.1. The van der Waals surface area contributed by atoms with E-state index in [1.54, 1.807) is 35.6 Å². The number of hydrazine groups is 1. The van der Waals surface area contributed by atoms with E-state index in [1.165, 1.54) is 0 Å². The smallest absolute Gasteiger partial charge is 0.254 e. The topological polar surface area (TPSA) is 104 Å². The van der Waals surface area contributed by atoms with Crippen molar-refractivity contribution in [1.82, 2.24) is 20.1 Å². The molecule has 0 aliphatic carbocycles. The summed E-state index contributed by atoms with van der Waals surface area (Å²) in [6, 6.07) is 8.80. The van der Waals surface area contributed by atoms with Gasteiger partial charge in [0.2, 0.25) is 10.0 Å². The molecule has 0 bridgehead atoms. The number of halogens is 1. The van der Waals surface area contributed by atoms with Crippen LogP contribution in [-0.4, -0.2) is 62.6 Å². The van der Waals surface area contributed by atoms with Gasteiger partial charge in [0.1, 0.15) is 18.4 Å². The number of carbonyl (C=O) groups excluding carboxylic acids is 1. The third-order valence-corrected chi connectivity index (χ3v) is 8.39. The van der Waals surface area contributed by atoms with Gasteiger partial charge in [0.25, 0.3) is 5.91 Å². The summed E-state index contributed by atoms with van der Waals surface area (Å²) in [4.78, 5) is 19.4. The number of amides is 1. The van der Waals surface area contributed by atoms with Gasteiger partial charge >= 0.3 is 0 Å². The maximum atomic E-state index is 13.0. The van der Waals surface area contributed by atoms with E-state index in [9.17, 15) is 13.2 Å². The van der Waals surface area contributed by atoms with E-state index >= 15 is 0 Å². The normalized spacial score (nSPS) is 21.3. The van der Waals surface area contributed by atoms with Crippen LogP contribution >= 0.6 is 15.9 Å². The van der Waals surface area contributed by atoms with Gasteiger partial charge in [0.05, 0.1) is 4.91 Å². The molecule has 2 fully saturated rings. The zero-order chi connectivity index (χ0) is 23.7. The van der Waals surface area contributed by atoms with Crippen molar-refractivity contribution in [1.29, 1.82) is 0 Å². The van der Waals surface area contributed by atoms with Crippen LogP contribution in [0, 0.1) is 0 Å². The molecule has 1 amide bonds. The van der Waals surface area contributed by atoms with Crippen LogP contribution in [0.2, 0.25) is 0 Å². The van der Waals surface area contributed by atoms with Gasteiger partial charge in [0, 0.05) is 53.8 Å². The number of sulfonamides is 1. The largest absolute Gasteiger partial charge is 0.487 e. The Kier molecular flexibility index (Phi) is 6.61. The summed E-state index contributed by atoms with van der Waals surface area (Å²) < 4.78 is 35.0. The van der Waals surface area contributed by atoms with Crippen LogP contribution in [0.1, 0.15) is 24.8 Å². The zero-order valence-corrected chi connectivity index (χ0v) is 20.9. The fourth-order valence-electron chi connectivity index (χ4n) is 4.49. The highest BCUT2D eigenvalue weighted by molar-refractivity contribution is 9.10. The lowest BCUT2D eigenvalue weighted by molar-refractivity contribution is -0.132. The number of benzene rings is 1. The molecule has 34 heavy (non-hydrogen) atoms. The number of rotatable bonds is 6. The van der Waals surface area contributed by atoms with Crippen LogP contribution < -0.4 is 19.8 Å². The second-order valence-corrected chi connectivity index (χ2v) is 11.3. The molecule has 3 aliphatic heterocycles. The average molecular weight is 548 g/mol. The third-order valence-electron chi connectivity index (χ3n) is 6.37. The maximum absolute atomic E-state index is 13.0. The predicted molar refractivity (Wildman–Crippen MR) is 132 cm³/mol. The number of piperidine rings is 1. The highest BCUT2D eigenvalue weighted by atomic mass is 79.9. The summed E-state index contributed by atoms with van der Waals surface area (Å²) in [5, 5.41) is 1.57. The Morgan fingerprint density at radius 3 is 2.59 bits per heavy atom. The van der Waals surface area contributed by atoms with E-state index in [0.717, 1.165) is 36.1 Å². The Bertz CT molecular complexity index is 1200. The second-order valence-electron chi connectivity index (χ2n) is 8.63. The monoisotopic (exact) mass is 547 g/mol. The minimum Gasteiger partial charge on any atom is -0.487 e. The van der Waals surface area contributed by atoms with Crippen LogP contribution in [0.25, 0.3) is 6.08 Å². The van der Waals surface area contributed by atoms with E-state index in [-0.39, 0.29) is 23.5 Å². The van der Waals surface area contributed by atoms with Gasteiger partial charge in [-0.25, -0.2) is 13.8 Å². The summed E-state index contributed by atoms with van der Waals surface area (Å²) in [7, 11) is -3.86. The second kappa shape index (κ2) is 9.65. The van der Waals surface area contributed by atoms with E-state index in [2.05, 4.69) is 36.0 Å². The lowest BCUT2D eigenvalue weighted by Crippen LogP contribution is -2.52. The summed E-state index contributed by atoms with van der Waals surface area (Å²) >= 11 is 3.38. The average Bonchev–Trinajstić information content (AvgIpc) is 3.18. The molecule has 11 heteroatoms. The molecule has 1 aromatic heterocycles. The van der Waals surface area contributed by atoms with Crippen molar-refractivity contribution >= 4 is 43.6 Å². The number of hydrogen-bond acceptors (Lipinski definition) is 7. The number of pyridine rings is 1. The number of ether oxygens (including phenoxy) is 1. The number of nitrogens with zero attached hydrogens (tertiary/aromatic N) is 3. The van der Waals surface area contributed by atoms with Crippen molar-refractivity contribution in [3.63, 3.8) is 0 Å². The highest BCUT2D eigenvalue weighted by Gasteiger charge is 2.37. The molecule has 4 heterocycles. The van der Waals surface area contributed by atoms with Crippen molar-refractivity contribution < 1.29 is 17.9 Å². The van der Waals surface area contributed by atoms with Crippen LogP contribution in [0.3, 0.4) is 0 Å². The summed E-state index contributed by atoms with van der Waals surface area (Å²) in [5.41, 5.74) is 5.16. The van der Waals surface area contributed by atoms with Gasteiger partial charge in [0.15, 0.2) is 0 Å². The molecule has 9 nitrogen and oxygen atoms in total. The van der Waals surface area contributed by atoms with Gasteiger partial charge in [-0.1, -0.05) is 22.0 Å². The number of carbonyl (C=O) groups is 1. The fraction of sp³-hybridized carbons (Fsp3) is 0.391. The molecule has 180 valence electrons. The molecule has 1 atom stereocenters. The predicted octanol–water partition coefficient (Wildman–Crippen LogP) is 2.27. The standard InChI is InChI=1S/C23H26BrN5O4S/c24-17-2-1-16-13-20(15-33-22(16)14-17)34(31,32)27-21-7-12-29(23(21)30)26-18-5-10-28(11-6-18)19-3-8-25-9-4-19/h1-4,8-9,13-14,18,21,26-27H,5-7,10-12,15H2/t21-/m0/s1. The van der Waals surface area contributed by atoms with Gasteiger partial charge in [-0.15, -0.1) is 0 Å². The molecule has 0 saturated carbocycles. The minimum absolute atomic E-state index is 0.0717. The third kappa shape index (κ3) is 4.97. The number of anilines is 1. The highest BCUT2D eigenvalue weighted by Crippen LogP contribution is 2.31. The molecule has 0 spiro atoms. The van der Waals surface area contributed by atoms with Gasteiger partial charge in [-0.2, -0.15) is 4.72 Å². The van der Waals surface area contributed by atoms with Crippen LogP contribution in [0.5, 0.6) is 5.75 Å². The molecule has 2 aromatic rings. The lowest BCUT2D eigenvalue weighted by Gasteiger charge is -2.35. The molecule has 5 rings (SSSR count). The van der Waals surface area contributed by atoms with Gasteiger partial charge in [-0.3, -0.25) is 14.8 Å². The van der Waals surface area contributed by atoms with Crippen LogP contribution in [-0.2, 0) is 14.8 Å². The molecular weight excluding hydrogens is 522 g/mol. The first-order valence-electron chi connectivity index (χ1n) is 11.3. The number of fused-ring (bicyclic) bond motifs is 1. The van der Waals surface area contributed by atoms with E-state index in [4.69, 9.17) is 4.74 Å². The van der Waals surface area contributed by atoms with Crippen molar-refractivity contribution in [3.05, 3.63) is 57.7 Å². The Morgan fingerprint density at radius 1 is 1.06 bits per heavy atom. The van der Waals surface area contributed by atoms with Crippen LogP contribution in [0.4, 0.5) is 5.69 Å². The Morgan fingerprint density at radius 2 is 1.82 bits per heavy atom. The molecule has 0 radical (unpaired) electrons. The number of nitrogens with one attached hydrogen (secondary N) is 2. The van der Waals surface area contributed by atoms with E-state index in [1.807, 2.05) is 18.2 Å². The SMILES string of the molecule is O=C1[C@@H](NS(=O)(=O)C2=Cc3ccc(Br)cc3OC2)CCN1NC1CCN(c2ccncc2)CC1. The molecule has 1 aromatic carbocycles. The van der Waals surface area contributed by atoms with Crippen molar-refractivity contribution in [2.24, 2.45) is 0 Å². The molecular formula is C23H26BrN5O4S. The Hall–Kier alpha value is -2.47. The maximum Gasteiger partial charge on any atom is 0.254 e. The first-order valence-corrected chi connectivity index (χ1v) is 13.5. The van der Waals surface area contributed by atoms with E-state index < -0.39 is 16.1 Å². The summed E-state index contributed by atoms with van der Waals surface area (Å²) in [6.07, 6.45) is 7.37. The van der Waals surface area contributed by atoms with Crippen molar-refractivity contribution in [2.75, 3.05) is 31.1 Å². The molecule has 0 unspecified atom stereocenters. The first-order chi connectivity index (χ1) is 16.4. The zero-order valence-electron chi connectivity index (χ0n) is 18.5. The molecule has 2 N–H and O–H groups in total.